The zero-order valence-corrected chi connectivity index (χ0v) is 13.9. The highest BCUT2D eigenvalue weighted by molar-refractivity contribution is 7.89. The van der Waals surface area contributed by atoms with Gasteiger partial charge in [0.05, 0.1) is 12.7 Å². The summed E-state index contributed by atoms with van der Waals surface area (Å²) in [5.74, 6) is 0.339. The quantitative estimate of drug-likeness (QED) is 0.770. The van der Waals surface area contributed by atoms with Gasteiger partial charge in [-0.1, -0.05) is 20.8 Å². The van der Waals surface area contributed by atoms with Gasteiger partial charge in [0.2, 0.25) is 10.0 Å². The monoisotopic (exact) mass is 314 g/mol. The van der Waals surface area contributed by atoms with E-state index in [1.54, 1.807) is 15.2 Å². The molecule has 1 fully saturated rings. The van der Waals surface area contributed by atoms with Crippen molar-refractivity contribution in [1.82, 2.24) is 19.4 Å². The summed E-state index contributed by atoms with van der Waals surface area (Å²) in [7, 11) is -3.41. The molecule has 7 heteroatoms. The number of hydrogen-bond donors (Lipinski definition) is 1. The molecule has 0 saturated carbocycles. The average molecular weight is 314 g/mol. The van der Waals surface area contributed by atoms with E-state index in [0.29, 0.717) is 23.9 Å². The van der Waals surface area contributed by atoms with Crippen LogP contribution in [0.25, 0.3) is 0 Å². The summed E-state index contributed by atoms with van der Waals surface area (Å²) in [6, 6.07) is 0.111. The number of sulfonamides is 1. The zero-order valence-electron chi connectivity index (χ0n) is 13.1. The van der Waals surface area contributed by atoms with E-state index >= 15 is 0 Å². The summed E-state index contributed by atoms with van der Waals surface area (Å²) < 4.78 is 28.8. The molecule has 0 bridgehead atoms. The molecule has 1 N–H and O–H groups in total. The van der Waals surface area contributed by atoms with Crippen molar-refractivity contribution in [3.63, 3.8) is 0 Å². The van der Waals surface area contributed by atoms with Crippen LogP contribution in [0.15, 0.2) is 17.3 Å². The third-order valence-electron chi connectivity index (χ3n) is 4.00. The molecule has 1 atom stereocenters. The molecule has 1 saturated heterocycles. The van der Waals surface area contributed by atoms with Crippen molar-refractivity contribution in [3.05, 3.63) is 12.4 Å². The standard InChI is InChI=1S/C14H26N4O2S/c1-4-15-7-9-17-11-13(10-16-17)21(19,20)18-8-5-6-14(18)12(2)3/h10-12,14-15H,4-9H2,1-3H3. The molecule has 0 radical (unpaired) electrons. The largest absolute Gasteiger partial charge is 0.315 e. The van der Waals surface area contributed by atoms with E-state index in [1.807, 2.05) is 6.92 Å². The van der Waals surface area contributed by atoms with Crippen LogP contribution in [0, 0.1) is 5.92 Å². The average Bonchev–Trinajstić information content (AvgIpc) is 3.08. The lowest BCUT2D eigenvalue weighted by Gasteiger charge is -2.26. The number of nitrogens with zero attached hydrogens (tertiary/aromatic N) is 3. The summed E-state index contributed by atoms with van der Waals surface area (Å²) in [6.45, 7) is 9.19. The fourth-order valence-corrected chi connectivity index (χ4v) is 4.62. The Morgan fingerprint density at radius 3 is 2.90 bits per heavy atom. The highest BCUT2D eigenvalue weighted by atomic mass is 32.2. The van der Waals surface area contributed by atoms with Gasteiger partial charge in [-0.3, -0.25) is 4.68 Å². The second-order valence-electron chi connectivity index (χ2n) is 5.86. The van der Waals surface area contributed by atoms with E-state index in [9.17, 15) is 8.42 Å². The van der Waals surface area contributed by atoms with Crippen LogP contribution in [0.1, 0.15) is 33.6 Å². The topological polar surface area (TPSA) is 67.2 Å². The Balaban J connectivity index is 2.12. The second-order valence-corrected chi connectivity index (χ2v) is 7.75. The van der Waals surface area contributed by atoms with Crippen molar-refractivity contribution >= 4 is 10.0 Å². The fraction of sp³-hybridized carbons (Fsp3) is 0.786. The summed E-state index contributed by atoms with van der Waals surface area (Å²) in [5, 5.41) is 7.37. The Kier molecular flexibility index (Phi) is 5.40. The van der Waals surface area contributed by atoms with Crippen molar-refractivity contribution in [2.24, 2.45) is 5.92 Å². The highest BCUT2D eigenvalue weighted by Gasteiger charge is 2.37. The molecule has 0 spiro atoms. The van der Waals surface area contributed by atoms with Gasteiger partial charge in [-0.2, -0.15) is 9.40 Å². The van der Waals surface area contributed by atoms with Gasteiger partial charge in [-0.25, -0.2) is 8.42 Å². The van der Waals surface area contributed by atoms with E-state index in [2.05, 4.69) is 24.3 Å². The van der Waals surface area contributed by atoms with Crippen LogP contribution < -0.4 is 5.32 Å². The van der Waals surface area contributed by atoms with Crippen molar-refractivity contribution < 1.29 is 8.42 Å². The van der Waals surface area contributed by atoms with Crippen molar-refractivity contribution in [2.75, 3.05) is 19.6 Å². The van der Waals surface area contributed by atoms with Gasteiger partial charge >= 0.3 is 0 Å². The van der Waals surface area contributed by atoms with E-state index in [4.69, 9.17) is 0 Å². The molecule has 0 aromatic carbocycles. The minimum absolute atomic E-state index is 0.111. The maximum atomic E-state index is 12.7. The van der Waals surface area contributed by atoms with Gasteiger partial charge < -0.3 is 5.32 Å². The number of likely N-dealkylation sites (N-methyl/N-ethyl adjacent to an activating group) is 1. The van der Waals surface area contributed by atoms with E-state index < -0.39 is 10.0 Å². The fourth-order valence-electron chi connectivity index (χ4n) is 2.84. The first-order valence-electron chi connectivity index (χ1n) is 7.71. The Morgan fingerprint density at radius 2 is 2.24 bits per heavy atom. The third kappa shape index (κ3) is 3.64. The molecule has 2 rings (SSSR count). The van der Waals surface area contributed by atoms with Crippen LogP contribution >= 0.6 is 0 Å². The van der Waals surface area contributed by atoms with Gasteiger partial charge in [0, 0.05) is 25.3 Å². The minimum atomic E-state index is -3.41. The summed E-state index contributed by atoms with van der Waals surface area (Å²) in [4.78, 5) is 0.312. The van der Waals surface area contributed by atoms with E-state index in [-0.39, 0.29) is 6.04 Å². The molecule has 1 aromatic rings. The zero-order chi connectivity index (χ0) is 15.5. The van der Waals surface area contributed by atoms with Crippen molar-refractivity contribution in [3.8, 4) is 0 Å². The minimum Gasteiger partial charge on any atom is -0.315 e. The lowest BCUT2D eigenvalue weighted by atomic mass is 10.0. The smallest absolute Gasteiger partial charge is 0.246 e. The predicted octanol–water partition coefficient (Wildman–Crippen LogP) is 1.30. The van der Waals surface area contributed by atoms with Gasteiger partial charge in [0.25, 0.3) is 0 Å². The molecule has 120 valence electrons. The normalized spacial score (nSPS) is 20.5. The van der Waals surface area contributed by atoms with Crippen molar-refractivity contribution in [1.29, 1.82) is 0 Å². The van der Waals surface area contributed by atoms with Crippen LogP contribution in [0.4, 0.5) is 0 Å². The number of aromatic nitrogens is 2. The molecular weight excluding hydrogens is 288 g/mol. The van der Waals surface area contributed by atoms with Crippen LogP contribution in [-0.2, 0) is 16.6 Å². The molecule has 6 nitrogen and oxygen atoms in total. The number of hydrogen-bond acceptors (Lipinski definition) is 4. The van der Waals surface area contributed by atoms with Crippen LogP contribution in [0.2, 0.25) is 0 Å². The summed E-state index contributed by atoms with van der Waals surface area (Å²) in [6.07, 6.45) is 5.00. The van der Waals surface area contributed by atoms with Gasteiger partial charge in [-0.05, 0) is 25.3 Å². The Morgan fingerprint density at radius 1 is 1.48 bits per heavy atom. The first-order chi connectivity index (χ1) is 9.96. The van der Waals surface area contributed by atoms with Gasteiger partial charge in [-0.15, -0.1) is 0 Å². The first kappa shape index (κ1) is 16.5. The molecular formula is C14H26N4O2S. The molecule has 0 amide bonds. The maximum Gasteiger partial charge on any atom is 0.246 e. The van der Waals surface area contributed by atoms with Gasteiger partial charge in [0.15, 0.2) is 0 Å². The predicted molar refractivity (Wildman–Crippen MR) is 82.5 cm³/mol. The van der Waals surface area contributed by atoms with E-state index in [0.717, 1.165) is 25.9 Å². The second kappa shape index (κ2) is 6.89. The molecule has 1 aliphatic heterocycles. The highest BCUT2D eigenvalue weighted by Crippen LogP contribution is 2.29. The Hall–Kier alpha value is -0.920. The van der Waals surface area contributed by atoms with E-state index in [1.165, 1.54) is 6.20 Å². The lowest BCUT2D eigenvalue weighted by Crippen LogP contribution is -2.38. The van der Waals surface area contributed by atoms with Crippen LogP contribution in [0.5, 0.6) is 0 Å². The third-order valence-corrected chi connectivity index (χ3v) is 5.88. The SMILES string of the molecule is CCNCCn1cc(S(=O)(=O)N2CCCC2C(C)C)cn1. The summed E-state index contributed by atoms with van der Waals surface area (Å²) in [5.41, 5.74) is 0. The summed E-state index contributed by atoms with van der Waals surface area (Å²) >= 11 is 0. The van der Waals surface area contributed by atoms with Crippen LogP contribution in [0.3, 0.4) is 0 Å². The van der Waals surface area contributed by atoms with Crippen LogP contribution in [-0.4, -0.2) is 48.2 Å². The maximum absolute atomic E-state index is 12.7. The Labute approximate surface area is 127 Å². The molecule has 1 unspecified atom stereocenters. The first-order valence-corrected chi connectivity index (χ1v) is 9.15. The number of rotatable bonds is 7. The molecule has 0 aliphatic carbocycles. The van der Waals surface area contributed by atoms with Gasteiger partial charge in [0.1, 0.15) is 4.90 Å². The lowest BCUT2D eigenvalue weighted by molar-refractivity contribution is 0.315. The number of nitrogens with one attached hydrogen (secondary N) is 1. The molecule has 1 aromatic heterocycles. The molecule has 2 heterocycles. The molecule has 21 heavy (non-hydrogen) atoms. The molecule has 1 aliphatic rings. The van der Waals surface area contributed by atoms with Crippen molar-refractivity contribution in [2.45, 2.75) is 51.1 Å². The Bertz CT molecular complexity index is 553.